The summed E-state index contributed by atoms with van der Waals surface area (Å²) in [5, 5.41) is 16.8. The van der Waals surface area contributed by atoms with Gasteiger partial charge in [0.2, 0.25) is 16.4 Å². The summed E-state index contributed by atoms with van der Waals surface area (Å²) in [6.45, 7) is 0.543. The molecule has 0 amide bonds. The summed E-state index contributed by atoms with van der Waals surface area (Å²) in [6.07, 6.45) is -3.71. The van der Waals surface area contributed by atoms with Crippen molar-refractivity contribution in [3.63, 3.8) is 0 Å². The third-order valence-corrected chi connectivity index (χ3v) is 10.2. The van der Waals surface area contributed by atoms with Crippen LogP contribution in [-0.4, -0.2) is 30.8 Å². The van der Waals surface area contributed by atoms with Gasteiger partial charge < -0.3 is 5.32 Å². The van der Waals surface area contributed by atoms with Crippen LogP contribution in [0.15, 0.2) is 57.2 Å². The number of nitrogens with zero attached hydrogens (tertiary/aromatic N) is 2. The van der Waals surface area contributed by atoms with Crippen molar-refractivity contribution >= 4 is 81.8 Å². The molecule has 4 aromatic rings. The van der Waals surface area contributed by atoms with Gasteiger partial charge in [-0.15, -0.1) is 22.7 Å². The molecule has 0 aliphatic rings. The van der Waals surface area contributed by atoms with Crippen molar-refractivity contribution in [2.75, 3.05) is 5.32 Å². The number of hydrogen-bond acceptors (Lipinski definition) is 8. The van der Waals surface area contributed by atoms with Crippen molar-refractivity contribution < 1.29 is 22.1 Å². The average Bonchev–Trinajstić information content (AvgIpc) is 3.45. The first-order chi connectivity index (χ1) is 17.5. The Labute approximate surface area is 232 Å². The Kier molecular flexibility index (Phi) is 8.76. The maximum absolute atomic E-state index is 13.4. The summed E-state index contributed by atoms with van der Waals surface area (Å²) in [5.74, 6) is 0. The van der Waals surface area contributed by atoms with Crippen LogP contribution in [0.2, 0.25) is 5.15 Å². The van der Waals surface area contributed by atoms with Gasteiger partial charge in [0.25, 0.3) is 5.69 Å². The fourth-order valence-corrected chi connectivity index (χ4v) is 7.93. The monoisotopic (exact) mass is 650 g/mol. The smallest absolute Gasteiger partial charge is 0.289 e. The fraction of sp³-hybridized carbons (Fsp3) is 0.227. The van der Waals surface area contributed by atoms with Gasteiger partial charge in [0, 0.05) is 40.9 Å². The number of nitro benzene ring substituents is 1. The molecule has 1 aromatic carbocycles. The zero-order chi connectivity index (χ0) is 26.7. The van der Waals surface area contributed by atoms with Gasteiger partial charge in [-0.1, -0.05) is 29.8 Å². The van der Waals surface area contributed by atoms with Crippen LogP contribution in [0.4, 0.5) is 20.2 Å². The van der Waals surface area contributed by atoms with Gasteiger partial charge in [0.05, 0.1) is 25.3 Å². The first-order valence-corrected chi connectivity index (χ1v) is 15.0. The SMILES string of the molecule is O=[N+]([O-])c1ccccc1S(=O)(=O)N[C@H](Cc1sc2c(NCc3cccs3)cc(Cl)nc2c1Br)CC(F)F. The minimum Gasteiger partial charge on any atom is -0.379 e. The minimum absolute atomic E-state index is 0.103. The third kappa shape index (κ3) is 6.62. The summed E-state index contributed by atoms with van der Waals surface area (Å²) in [5.41, 5.74) is 0.568. The number of halogens is 4. The van der Waals surface area contributed by atoms with Crippen molar-refractivity contribution in [2.24, 2.45) is 0 Å². The number of sulfonamides is 1. The molecule has 0 bridgehead atoms. The van der Waals surface area contributed by atoms with Crippen LogP contribution >= 0.6 is 50.2 Å². The average molecular weight is 652 g/mol. The predicted molar refractivity (Wildman–Crippen MR) is 146 cm³/mol. The Bertz CT molecular complexity index is 1530. The lowest BCUT2D eigenvalue weighted by Gasteiger charge is -2.18. The van der Waals surface area contributed by atoms with E-state index < -0.39 is 44.4 Å². The molecule has 2 N–H and O–H groups in total. The number of nitrogens with one attached hydrogen (secondary N) is 2. The molecule has 0 radical (unpaired) electrons. The molecule has 3 aromatic heterocycles. The number of pyridine rings is 1. The molecule has 8 nitrogen and oxygen atoms in total. The zero-order valence-corrected chi connectivity index (χ0v) is 23.5. The van der Waals surface area contributed by atoms with E-state index in [2.05, 4.69) is 31.0 Å². The van der Waals surface area contributed by atoms with Crippen LogP contribution in [0.25, 0.3) is 10.2 Å². The van der Waals surface area contributed by atoms with Crippen molar-refractivity contribution in [3.05, 3.63) is 77.3 Å². The number of anilines is 1. The van der Waals surface area contributed by atoms with Gasteiger partial charge in [0.1, 0.15) is 5.15 Å². The van der Waals surface area contributed by atoms with E-state index in [-0.39, 0.29) is 11.6 Å². The third-order valence-electron chi connectivity index (χ3n) is 5.22. The Morgan fingerprint density at radius 2 is 1.97 bits per heavy atom. The predicted octanol–water partition coefficient (Wildman–Crippen LogP) is 6.84. The number of alkyl halides is 2. The Morgan fingerprint density at radius 3 is 2.65 bits per heavy atom. The molecular formula is C22H18BrClF2N4O4S3. The highest BCUT2D eigenvalue weighted by molar-refractivity contribution is 9.10. The van der Waals surface area contributed by atoms with Crippen LogP contribution in [-0.2, 0) is 23.0 Å². The number of thiophene rings is 2. The Morgan fingerprint density at radius 1 is 1.22 bits per heavy atom. The van der Waals surface area contributed by atoms with E-state index in [1.165, 1.54) is 23.5 Å². The van der Waals surface area contributed by atoms with E-state index in [4.69, 9.17) is 11.6 Å². The molecular weight excluding hydrogens is 634 g/mol. The molecule has 3 heterocycles. The second kappa shape index (κ2) is 11.7. The quantitative estimate of drug-likeness (QED) is 0.104. The maximum Gasteiger partial charge on any atom is 0.289 e. The van der Waals surface area contributed by atoms with Crippen molar-refractivity contribution in [1.82, 2.24) is 9.71 Å². The topological polar surface area (TPSA) is 114 Å². The molecule has 15 heteroatoms. The van der Waals surface area contributed by atoms with E-state index in [1.807, 2.05) is 17.5 Å². The van der Waals surface area contributed by atoms with Gasteiger partial charge in [-0.05, 0) is 39.9 Å². The lowest BCUT2D eigenvalue weighted by atomic mass is 10.1. The van der Waals surface area contributed by atoms with Crippen molar-refractivity contribution in [2.45, 2.75) is 36.7 Å². The molecule has 1 atom stereocenters. The lowest BCUT2D eigenvalue weighted by molar-refractivity contribution is -0.387. The molecule has 0 fully saturated rings. The molecule has 4 rings (SSSR count). The van der Waals surface area contributed by atoms with Crippen molar-refractivity contribution in [1.29, 1.82) is 0 Å². The highest BCUT2D eigenvalue weighted by Gasteiger charge is 2.30. The largest absolute Gasteiger partial charge is 0.379 e. The van der Waals surface area contributed by atoms with Gasteiger partial charge in [-0.25, -0.2) is 26.9 Å². The number of aromatic nitrogens is 1. The van der Waals surface area contributed by atoms with Crippen molar-refractivity contribution in [3.8, 4) is 0 Å². The van der Waals surface area contributed by atoms with E-state index in [1.54, 1.807) is 17.4 Å². The second-order valence-corrected chi connectivity index (χ2v) is 12.8. The minimum atomic E-state index is -4.48. The Hall–Kier alpha value is -2.23. The van der Waals surface area contributed by atoms with Gasteiger partial charge in [0.15, 0.2) is 4.90 Å². The number of rotatable bonds is 11. The number of para-hydroxylation sites is 1. The maximum atomic E-state index is 13.4. The molecule has 0 saturated carbocycles. The molecule has 0 aliphatic heterocycles. The normalized spacial score (nSPS) is 12.8. The van der Waals surface area contributed by atoms with Gasteiger partial charge in [-0.3, -0.25) is 10.1 Å². The van der Waals surface area contributed by atoms with E-state index >= 15 is 0 Å². The number of fused-ring (bicyclic) bond motifs is 1. The first-order valence-electron chi connectivity index (χ1n) is 10.6. The number of nitro groups is 1. The summed E-state index contributed by atoms with van der Waals surface area (Å²) >= 11 is 12.5. The van der Waals surface area contributed by atoms with Gasteiger partial charge in [-0.2, -0.15) is 0 Å². The first kappa shape index (κ1) is 27.8. The second-order valence-electron chi connectivity index (χ2n) is 7.82. The highest BCUT2D eigenvalue weighted by atomic mass is 79.9. The summed E-state index contributed by atoms with van der Waals surface area (Å²) in [6, 6.07) is 9.09. The molecule has 0 aliphatic carbocycles. The van der Waals surface area contributed by atoms with Gasteiger partial charge >= 0.3 is 0 Å². The van der Waals surface area contributed by atoms with E-state index in [9.17, 15) is 27.3 Å². The molecule has 37 heavy (non-hydrogen) atoms. The van der Waals surface area contributed by atoms with Crippen LogP contribution in [0.1, 0.15) is 16.2 Å². The van der Waals surface area contributed by atoms with Crippen LogP contribution in [0.5, 0.6) is 0 Å². The molecule has 196 valence electrons. The molecule has 0 unspecified atom stereocenters. The highest BCUT2D eigenvalue weighted by Crippen LogP contribution is 2.41. The van der Waals surface area contributed by atoms with Crippen LogP contribution in [0.3, 0.4) is 0 Å². The van der Waals surface area contributed by atoms with E-state index in [0.29, 0.717) is 27.1 Å². The molecule has 0 spiro atoms. The van der Waals surface area contributed by atoms with Crippen LogP contribution in [0, 0.1) is 10.1 Å². The lowest BCUT2D eigenvalue weighted by Crippen LogP contribution is -2.38. The summed E-state index contributed by atoms with van der Waals surface area (Å²) < 4.78 is 56.3. The zero-order valence-electron chi connectivity index (χ0n) is 18.7. The standard InChI is InChI=1S/C22H18BrClF2N4O4S3/c23-20-16(36-22-14(10-18(24)28-21(20)22)27-11-13-4-3-7-35-13)8-12(9-19(25)26)29-37(33,34)17-6-2-1-5-15(17)30(31)32/h1-7,10,12,19,29H,8-9,11H2,(H,27,28)/t12-/m1/s1. The number of benzene rings is 1. The summed E-state index contributed by atoms with van der Waals surface area (Å²) in [7, 11) is -4.48. The van der Waals surface area contributed by atoms with E-state index in [0.717, 1.165) is 21.7 Å². The fourth-order valence-electron chi connectivity index (χ4n) is 3.64. The number of hydrogen-bond donors (Lipinski definition) is 2. The molecule has 0 saturated heterocycles. The summed E-state index contributed by atoms with van der Waals surface area (Å²) in [4.78, 5) is 15.9. The van der Waals surface area contributed by atoms with Crippen LogP contribution < -0.4 is 10.0 Å². The Balaban J connectivity index is 1.65.